The highest BCUT2D eigenvalue weighted by Crippen LogP contribution is 2.34. The summed E-state index contributed by atoms with van der Waals surface area (Å²) in [6.07, 6.45) is 3.73. The molecule has 0 fully saturated rings. The molecule has 0 N–H and O–H groups in total. The van der Waals surface area contributed by atoms with Crippen molar-refractivity contribution in [2.75, 3.05) is 13.7 Å². The van der Waals surface area contributed by atoms with Crippen molar-refractivity contribution in [1.29, 1.82) is 0 Å². The molecule has 6 heteroatoms. The van der Waals surface area contributed by atoms with E-state index in [9.17, 15) is 8.42 Å². The van der Waals surface area contributed by atoms with Crippen LogP contribution >= 0.6 is 0 Å². The van der Waals surface area contributed by atoms with E-state index in [4.69, 9.17) is 4.74 Å². The van der Waals surface area contributed by atoms with Gasteiger partial charge in [0.1, 0.15) is 10.7 Å². The Kier molecular flexibility index (Phi) is 4.83. The first-order chi connectivity index (χ1) is 12.0. The maximum Gasteiger partial charge on any atom is 0.210 e. The lowest BCUT2D eigenvalue weighted by Crippen LogP contribution is -2.13. The lowest BCUT2D eigenvalue weighted by atomic mass is 10.3. The van der Waals surface area contributed by atoms with Crippen LogP contribution in [0.5, 0.6) is 0 Å². The van der Waals surface area contributed by atoms with Gasteiger partial charge >= 0.3 is 0 Å². The highest BCUT2D eigenvalue weighted by Gasteiger charge is 2.30. The Morgan fingerprint density at radius 1 is 1.00 bits per heavy atom. The van der Waals surface area contributed by atoms with Gasteiger partial charge in [-0.2, -0.15) is 0 Å². The molecule has 0 unspecified atom stereocenters. The predicted octanol–water partition coefficient (Wildman–Crippen LogP) is 3.37. The molecule has 2 aromatic heterocycles. The lowest BCUT2D eigenvalue weighted by Gasteiger charge is -2.14. The minimum absolute atomic E-state index is 0.301. The molecule has 0 aliphatic carbocycles. The van der Waals surface area contributed by atoms with Crippen LogP contribution in [0.2, 0.25) is 0 Å². The number of hydrogen-bond acceptors (Lipinski definition) is 3. The van der Waals surface area contributed by atoms with E-state index in [0.717, 1.165) is 11.3 Å². The van der Waals surface area contributed by atoms with E-state index in [0.29, 0.717) is 28.8 Å². The second-order valence-electron chi connectivity index (χ2n) is 5.91. The molecule has 1 aromatic carbocycles. The van der Waals surface area contributed by atoms with Gasteiger partial charge in [0.05, 0.1) is 11.5 Å². The molecule has 5 nitrogen and oxygen atoms in total. The third kappa shape index (κ3) is 3.03. The zero-order valence-electron chi connectivity index (χ0n) is 14.6. The number of methoxy groups -OCH3 is 1. The van der Waals surface area contributed by atoms with E-state index >= 15 is 0 Å². The molecule has 25 heavy (non-hydrogen) atoms. The van der Waals surface area contributed by atoms with Gasteiger partial charge < -0.3 is 13.9 Å². The van der Waals surface area contributed by atoms with Crippen LogP contribution < -0.4 is 0 Å². The zero-order valence-corrected chi connectivity index (χ0v) is 15.5. The first kappa shape index (κ1) is 17.5. The number of aromatic nitrogens is 2. The zero-order chi connectivity index (χ0) is 18.0. The molecule has 0 amide bonds. The molecular formula is C19H22N2O3S. The van der Waals surface area contributed by atoms with Gasteiger partial charge in [0.2, 0.25) is 9.84 Å². The van der Waals surface area contributed by atoms with Crippen LogP contribution in [0, 0.1) is 13.8 Å². The van der Waals surface area contributed by atoms with Crippen molar-refractivity contribution in [3.05, 3.63) is 66.1 Å². The quantitative estimate of drug-likeness (QED) is 0.679. The van der Waals surface area contributed by atoms with Gasteiger partial charge in [-0.25, -0.2) is 8.42 Å². The van der Waals surface area contributed by atoms with E-state index in [-0.39, 0.29) is 0 Å². The molecule has 0 aliphatic heterocycles. The molecule has 0 spiro atoms. The summed E-state index contributed by atoms with van der Waals surface area (Å²) in [7, 11) is -1.99. The normalized spacial score (nSPS) is 11.8. The monoisotopic (exact) mass is 358 g/mol. The second kappa shape index (κ2) is 6.90. The van der Waals surface area contributed by atoms with Gasteiger partial charge in [-0.1, -0.05) is 18.2 Å². The van der Waals surface area contributed by atoms with Gasteiger partial charge in [0.25, 0.3) is 0 Å². The van der Waals surface area contributed by atoms with Gasteiger partial charge in [-0.05, 0) is 43.7 Å². The topological polar surface area (TPSA) is 53.2 Å². The Labute approximate surface area is 148 Å². The Hall–Kier alpha value is -2.31. The fourth-order valence-electron chi connectivity index (χ4n) is 3.04. The molecule has 3 aromatic rings. The summed E-state index contributed by atoms with van der Waals surface area (Å²) in [5, 5.41) is 0. The van der Waals surface area contributed by atoms with Gasteiger partial charge in [-0.3, -0.25) is 0 Å². The smallest absolute Gasteiger partial charge is 0.210 e. The molecule has 0 saturated carbocycles. The first-order valence-electron chi connectivity index (χ1n) is 8.10. The lowest BCUT2D eigenvalue weighted by molar-refractivity contribution is 0.186. The highest BCUT2D eigenvalue weighted by molar-refractivity contribution is 7.91. The minimum Gasteiger partial charge on any atom is -0.383 e. The molecular weight excluding hydrogens is 336 g/mol. The van der Waals surface area contributed by atoms with Gasteiger partial charge in [-0.15, -0.1) is 0 Å². The SMILES string of the molecule is COCCn1c(C)c(C)c(S(=O)(=O)c2ccccc2)c1-n1cccc1. The number of sulfone groups is 1. The van der Waals surface area contributed by atoms with E-state index in [1.165, 1.54) is 0 Å². The molecule has 0 bridgehead atoms. The molecule has 0 saturated heterocycles. The van der Waals surface area contributed by atoms with Crippen molar-refractivity contribution < 1.29 is 13.2 Å². The van der Waals surface area contributed by atoms with E-state index in [1.807, 2.05) is 53.6 Å². The molecule has 3 rings (SSSR count). The van der Waals surface area contributed by atoms with Crippen molar-refractivity contribution in [3.8, 4) is 5.82 Å². The first-order valence-corrected chi connectivity index (χ1v) is 9.59. The fourth-order valence-corrected chi connectivity index (χ4v) is 4.80. The Morgan fingerprint density at radius 2 is 1.64 bits per heavy atom. The maximum absolute atomic E-state index is 13.4. The number of benzene rings is 1. The molecule has 2 heterocycles. The molecule has 0 aliphatic rings. The average molecular weight is 358 g/mol. The number of nitrogens with zero attached hydrogens (tertiary/aromatic N) is 2. The molecule has 132 valence electrons. The number of rotatable bonds is 6. The van der Waals surface area contributed by atoms with E-state index in [2.05, 4.69) is 0 Å². The predicted molar refractivity (Wildman–Crippen MR) is 97.0 cm³/mol. The van der Waals surface area contributed by atoms with E-state index in [1.54, 1.807) is 31.4 Å². The van der Waals surface area contributed by atoms with Crippen LogP contribution in [-0.4, -0.2) is 31.3 Å². The third-order valence-corrected chi connectivity index (χ3v) is 6.36. The van der Waals surface area contributed by atoms with Gasteiger partial charge in [0.15, 0.2) is 0 Å². The Morgan fingerprint density at radius 3 is 2.24 bits per heavy atom. The van der Waals surface area contributed by atoms with Gasteiger partial charge in [0, 0.05) is 31.7 Å². The highest BCUT2D eigenvalue weighted by atomic mass is 32.2. The van der Waals surface area contributed by atoms with Crippen molar-refractivity contribution in [2.24, 2.45) is 0 Å². The maximum atomic E-state index is 13.4. The third-order valence-electron chi connectivity index (χ3n) is 4.44. The van der Waals surface area contributed by atoms with Crippen LogP contribution in [0.3, 0.4) is 0 Å². The Bertz CT molecular complexity index is 956. The number of hydrogen-bond donors (Lipinski definition) is 0. The van der Waals surface area contributed by atoms with Crippen molar-refractivity contribution in [2.45, 2.75) is 30.2 Å². The summed E-state index contributed by atoms with van der Waals surface area (Å²) in [5.41, 5.74) is 1.69. The van der Waals surface area contributed by atoms with Crippen LogP contribution in [-0.2, 0) is 21.1 Å². The van der Waals surface area contributed by atoms with Crippen molar-refractivity contribution in [1.82, 2.24) is 9.13 Å². The summed E-state index contributed by atoms with van der Waals surface area (Å²) in [5.74, 6) is 0.654. The summed E-state index contributed by atoms with van der Waals surface area (Å²) < 4.78 is 35.8. The molecule has 0 atom stereocenters. The summed E-state index contributed by atoms with van der Waals surface area (Å²) in [6, 6.07) is 12.3. The van der Waals surface area contributed by atoms with Crippen LogP contribution in [0.25, 0.3) is 5.82 Å². The van der Waals surface area contributed by atoms with Crippen molar-refractivity contribution >= 4 is 9.84 Å². The standard InChI is InChI=1S/C19H22N2O3S/c1-15-16(2)21(13-14-24-3)19(20-11-7-8-12-20)18(15)25(22,23)17-9-5-4-6-10-17/h4-12H,13-14H2,1-3H3. The van der Waals surface area contributed by atoms with Crippen LogP contribution in [0.1, 0.15) is 11.3 Å². The number of ether oxygens (including phenoxy) is 1. The van der Waals surface area contributed by atoms with Crippen LogP contribution in [0.4, 0.5) is 0 Å². The summed E-state index contributed by atoms with van der Waals surface area (Å²) >= 11 is 0. The largest absolute Gasteiger partial charge is 0.383 e. The van der Waals surface area contributed by atoms with E-state index < -0.39 is 9.84 Å². The second-order valence-corrected chi connectivity index (χ2v) is 7.80. The van der Waals surface area contributed by atoms with Crippen LogP contribution in [0.15, 0.2) is 64.6 Å². The fraction of sp³-hybridized carbons (Fsp3) is 0.263. The average Bonchev–Trinajstić information content (AvgIpc) is 3.22. The summed E-state index contributed by atoms with van der Waals surface area (Å²) in [4.78, 5) is 0.652. The minimum atomic E-state index is -3.64. The van der Waals surface area contributed by atoms with Crippen molar-refractivity contribution in [3.63, 3.8) is 0 Å². The summed E-state index contributed by atoms with van der Waals surface area (Å²) in [6.45, 7) is 4.90. The Balaban J connectivity index is 2.30. The molecule has 0 radical (unpaired) electrons.